The van der Waals surface area contributed by atoms with Crippen LogP contribution in [0.1, 0.15) is 16.9 Å². The summed E-state index contributed by atoms with van der Waals surface area (Å²) < 4.78 is 5.47. The number of nitrogens with zero attached hydrogens (tertiary/aromatic N) is 4. The lowest BCUT2D eigenvalue weighted by Gasteiger charge is -2.23. The molecule has 3 saturated heterocycles. The first-order chi connectivity index (χ1) is 10.8. The van der Waals surface area contributed by atoms with E-state index in [0.29, 0.717) is 23.4 Å². The molecule has 3 aliphatic rings. The molecule has 0 bridgehead atoms. The van der Waals surface area contributed by atoms with Gasteiger partial charge in [-0.15, -0.1) is 0 Å². The van der Waals surface area contributed by atoms with E-state index in [1.54, 1.807) is 18.6 Å². The summed E-state index contributed by atoms with van der Waals surface area (Å²) in [7, 11) is 0. The highest BCUT2D eigenvalue weighted by Crippen LogP contribution is 2.32. The van der Waals surface area contributed by atoms with E-state index in [1.165, 1.54) is 6.42 Å². The zero-order valence-corrected chi connectivity index (χ0v) is 12.7. The Bertz CT molecular complexity index is 518. The van der Waals surface area contributed by atoms with Crippen LogP contribution in [-0.2, 0) is 4.74 Å². The normalized spacial score (nSPS) is 31.6. The Kier molecular flexibility index (Phi) is 3.80. The molecule has 22 heavy (non-hydrogen) atoms. The van der Waals surface area contributed by atoms with Gasteiger partial charge in [-0.1, -0.05) is 0 Å². The number of amides is 1. The molecule has 4 heterocycles. The van der Waals surface area contributed by atoms with Crippen LogP contribution in [-0.4, -0.2) is 71.6 Å². The molecule has 3 fully saturated rings. The van der Waals surface area contributed by atoms with Crippen LogP contribution in [0.25, 0.3) is 0 Å². The van der Waals surface area contributed by atoms with E-state index < -0.39 is 0 Å². The predicted molar refractivity (Wildman–Crippen MR) is 80.3 cm³/mol. The van der Waals surface area contributed by atoms with Gasteiger partial charge in [0, 0.05) is 51.7 Å². The first-order valence-electron chi connectivity index (χ1n) is 8.15. The molecule has 1 aromatic heterocycles. The monoisotopic (exact) mass is 302 g/mol. The van der Waals surface area contributed by atoms with Crippen molar-refractivity contribution in [2.75, 3.05) is 45.9 Å². The Morgan fingerprint density at radius 3 is 2.68 bits per heavy atom. The molecule has 6 heteroatoms. The van der Waals surface area contributed by atoms with E-state index in [2.05, 4.69) is 14.9 Å². The quantitative estimate of drug-likeness (QED) is 0.814. The van der Waals surface area contributed by atoms with Gasteiger partial charge in [0.05, 0.1) is 12.8 Å². The van der Waals surface area contributed by atoms with E-state index in [4.69, 9.17) is 4.74 Å². The van der Waals surface area contributed by atoms with Crippen molar-refractivity contribution in [2.24, 2.45) is 17.8 Å². The maximum atomic E-state index is 12.4. The highest BCUT2D eigenvalue weighted by atomic mass is 16.5. The van der Waals surface area contributed by atoms with Crippen molar-refractivity contribution >= 4 is 5.91 Å². The zero-order chi connectivity index (χ0) is 14.9. The van der Waals surface area contributed by atoms with Gasteiger partial charge < -0.3 is 14.5 Å². The summed E-state index contributed by atoms with van der Waals surface area (Å²) in [6.07, 6.45) is 5.93. The Morgan fingerprint density at radius 2 is 2.05 bits per heavy atom. The molecule has 0 aliphatic carbocycles. The Hall–Kier alpha value is -1.53. The summed E-state index contributed by atoms with van der Waals surface area (Å²) in [6, 6.07) is 0. The number of carbonyl (C=O) groups is 1. The minimum Gasteiger partial charge on any atom is -0.381 e. The van der Waals surface area contributed by atoms with Gasteiger partial charge in [0.2, 0.25) is 0 Å². The van der Waals surface area contributed by atoms with Crippen LogP contribution >= 0.6 is 0 Å². The number of hydrogen-bond donors (Lipinski definition) is 0. The minimum atomic E-state index is 0.0262. The maximum Gasteiger partial charge on any atom is 0.274 e. The molecule has 0 N–H and O–H groups in total. The highest BCUT2D eigenvalue weighted by Gasteiger charge is 2.42. The summed E-state index contributed by atoms with van der Waals surface area (Å²) >= 11 is 0. The summed E-state index contributed by atoms with van der Waals surface area (Å²) in [5.74, 6) is 1.96. The highest BCUT2D eigenvalue weighted by molar-refractivity contribution is 5.92. The second-order valence-corrected chi connectivity index (χ2v) is 6.77. The number of rotatable bonds is 3. The first kappa shape index (κ1) is 14.1. The topological polar surface area (TPSA) is 58.6 Å². The number of aromatic nitrogens is 2. The number of carbonyl (C=O) groups excluding carboxylic acids is 1. The number of hydrogen-bond acceptors (Lipinski definition) is 5. The van der Waals surface area contributed by atoms with Crippen LogP contribution in [0.3, 0.4) is 0 Å². The number of fused-ring (bicyclic) bond motifs is 1. The standard InChI is InChI=1S/C16H22N4O2/c21-16(15-5-17-2-3-18-15)20-9-13-7-19(8-14(13)10-20)6-12-1-4-22-11-12/h2-3,5,12-14H,1,4,6-11H2/t12?,13-,14+. The lowest BCUT2D eigenvalue weighted by molar-refractivity contribution is 0.0766. The third-order valence-electron chi connectivity index (χ3n) is 5.17. The summed E-state index contributed by atoms with van der Waals surface area (Å²) in [6.45, 7) is 6.95. The zero-order valence-electron chi connectivity index (χ0n) is 12.7. The van der Waals surface area contributed by atoms with E-state index in [-0.39, 0.29) is 5.91 Å². The average molecular weight is 302 g/mol. The Labute approximate surface area is 130 Å². The molecular weight excluding hydrogens is 280 g/mol. The van der Waals surface area contributed by atoms with Gasteiger partial charge in [-0.05, 0) is 24.2 Å². The van der Waals surface area contributed by atoms with Crippen molar-refractivity contribution in [3.8, 4) is 0 Å². The summed E-state index contributed by atoms with van der Waals surface area (Å²) in [5.41, 5.74) is 0.461. The van der Waals surface area contributed by atoms with Crippen LogP contribution in [0.5, 0.6) is 0 Å². The minimum absolute atomic E-state index is 0.0262. The van der Waals surface area contributed by atoms with E-state index in [1.807, 2.05) is 4.90 Å². The third-order valence-corrected chi connectivity index (χ3v) is 5.17. The van der Waals surface area contributed by atoms with Crippen LogP contribution < -0.4 is 0 Å². The SMILES string of the molecule is O=C(c1cnccn1)N1C[C@H]2CN(CC3CCOC3)C[C@H]2C1. The van der Waals surface area contributed by atoms with Gasteiger partial charge in [-0.25, -0.2) is 4.98 Å². The molecule has 6 nitrogen and oxygen atoms in total. The Balaban J connectivity index is 1.32. The van der Waals surface area contributed by atoms with Gasteiger partial charge in [0.25, 0.3) is 5.91 Å². The Morgan fingerprint density at radius 1 is 1.23 bits per heavy atom. The maximum absolute atomic E-state index is 12.4. The second kappa shape index (κ2) is 5.93. The molecule has 0 saturated carbocycles. The van der Waals surface area contributed by atoms with Crippen molar-refractivity contribution in [2.45, 2.75) is 6.42 Å². The molecule has 1 amide bonds. The van der Waals surface area contributed by atoms with Crippen LogP contribution in [0, 0.1) is 17.8 Å². The molecule has 4 rings (SSSR count). The summed E-state index contributed by atoms with van der Waals surface area (Å²) in [4.78, 5) is 25.1. The van der Waals surface area contributed by atoms with Crippen molar-refractivity contribution < 1.29 is 9.53 Å². The molecule has 1 unspecified atom stereocenters. The second-order valence-electron chi connectivity index (χ2n) is 6.77. The largest absolute Gasteiger partial charge is 0.381 e. The molecule has 1 aromatic rings. The number of likely N-dealkylation sites (tertiary alicyclic amines) is 2. The molecule has 3 atom stereocenters. The fourth-order valence-electron chi connectivity index (χ4n) is 4.07. The smallest absolute Gasteiger partial charge is 0.274 e. The average Bonchev–Trinajstić information content (AvgIpc) is 3.24. The van der Waals surface area contributed by atoms with E-state index >= 15 is 0 Å². The van der Waals surface area contributed by atoms with Gasteiger partial charge >= 0.3 is 0 Å². The molecule has 0 spiro atoms. The van der Waals surface area contributed by atoms with Crippen molar-refractivity contribution in [3.63, 3.8) is 0 Å². The molecule has 0 radical (unpaired) electrons. The fraction of sp³-hybridized carbons (Fsp3) is 0.688. The van der Waals surface area contributed by atoms with Crippen LogP contribution in [0.2, 0.25) is 0 Å². The molecule has 3 aliphatic heterocycles. The van der Waals surface area contributed by atoms with E-state index in [0.717, 1.165) is 45.9 Å². The van der Waals surface area contributed by atoms with E-state index in [9.17, 15) is 4.79 Å². The molecule has 0 aromatic carbocycles. The molecule has 118 valence electrons. The first-order valence-corrected chi connectivity index (χ1v) is 8.15. The lowest BCUT2D eigenvalue weighted by atomic mass is 10.0. The van der Waals surface area contributed by atoms with Crippen molar-refractivity contribution in [3.05, 3.63) is 24.3 Å². The molecular formula is C16H22N4O2. The van der Waals surface area contributed by atoms with Gasteiger partial charge in [0.1, 0.15) is 5.69 Å². The van der Waals surface area contributed by atoms with Gasteiger partial charge in [-0.2, -0.15) is 0 Å². The summed E-state index contributed by atoms with van der Waals surface area (Å²) in [5, 5.41) is 0. The number of ether oxygens (including phenoxy) is 1. The van der Waals surface area contributed by atoms with Crippen molar-refractivity contribution in [1.29, 1.82) is 0 Å². The fourth-order valence-corrected chi connectivity index (χ4v) is 4.07. The van der Waals surface area contributed by atoms with Crippen molar-refractivity contribution in [1.82, 2.24) is 19.8 Å². The van der Waals surface area contributed by atoms with Gasteiger partial charge in [0.15, 0.2) is 0 Å². The predicted octanol–water partition coefficient (Wildman–Crippen LogP) is 0.517. The van der Waals surface area contributed by atoms with Crippen LogP contribution in [0.15, 0.2) is 18.6 Å². The lowest BCUT2D eigenvalue weighted by Crippen LogP contribution is -2.35. The van der Waals surface area contributed by atoms with Gasteiger partial charge in [-0.3, -0.25) is 9.78 Å². The third kappa shape index (κ3) is 2.73. The van der Waals surface area contributed by atoms with Crippen LogP contribution in [0.4, 0.5) is 0 Å².